The number of esters is 2. The summed E-state index contributed by atoms with van der Waals surface area (Å²) in [7, 11) is 0. The van der Waals surface area contributed by atoms with Crippen molar-refractivity contribution in [3.8, 4) is 11.1 Å². The summed E-state index contributed by atoms with van der Waals surface area (Å²) in [6, 6.07) is 7.63. The largest absolute Gasteiger partial charge is 0.462 e. The van der Waals surface area contributed by atoms with Crippen LogP contribution in [0.1, 0.15) is 125 Å². The molecule has 0 bridgehead atoms. The number of carbonyl (C=O) groups excluding carboxylic acids is 6. The number of hydrogen-bond donors (Lipinski definition) is 5. The van der Waals surface area contributed by atoms with Crippen LogP contribution in [0.15, 0.2) is 62.4 Å². The number of nitrogens with zero attached hydrogens (tertiary/aromatic N) is 1. The van der Waals surface area contributed by atoms with Gasteiger partial charge in [0.25, 0.3) is 5.56 Å². The van der Waals surface area contributed by atoms with E-state index in [0.717, 1.165) is 39.5 Å². The molecular weight excluding hydrogens is 894 g/mol. The van der Waals surface area contributed by atoms with Crippen LogP contribution < -0.4 is 27.6 Å². The smallest absolute Gasteiger partial charge is 0.444 e. The van der Waals surface area contributed by atoms with Crippen LogP contribution in [0, 0.1) is 17.5 Å². The van der Waals surface area contributed by atoms with Crippen LogP contribution in [0.4, 0.5) is 22.8 Å². The number of fused-ring (bicyclic) bond motifs is 5. The van der Waals surface area contributed by atoms with Gasteiger partial charge in [0.15, 0.2) is 0 Å². The molecule has 0 aliphatic heterocycles. The number of allylic oxidation sites excluding steroid dienone is 2. The second kappa shape index (κ2) is 24.1. The minimum absolute atomic E-state index is 0. The number of nitrogens with one attached hydrogen (secondary N) is 4. The van der Waals surface area contributed by atoms with Crippen molar-refractivity contribution in [2.24, 2.45) is 10.7 Å². The molecule has 0 spiro atoms. The molecule has 20 heteroatoms. The van der Waals surface area contributed by atoms with Crippen LogP contribution in [0.5, 0.6) is 0 Å². The number of aryl methyl sites for hydroxylation is 3. The van der Waals surface area contributed by atoms with Gasteiger partial charge in [-0.05, 0) is 127 Å². The molecule has 7 rings (SSSR count). The predicted octanol–water partition coefficient (Wildman–Crippen LogP) is 8.52. The van der Waals surface area contributed by atoms with Gasteiger partial charge in [-0.25, -0.2) is 41.9 Å². The van der Waals surface area contributed by atoms with E-state index < -0.39 is 47.0 Å². The number of urea groups is 1. The summed E-state index contributed by atoms with van der Waals surface area (Å²) in [6.07, 6.45) is 3.39. The van der Waals surface area contributed by atoms with Gasteiger partial charge in [0.1, 0.15) is 17.5 Å². The molecule has 0 saturated carbocycles. The van der Waals surface area contributed by atoms with E-state index >= 15 is 0 Å². The minimum Gasteiger partial charge on any atom is -0.462 e. The lowest BCUT2D eigenvalue weighted by molar-refractivity contribution is -0.137. The van der Waals surface area contributed by atoms with Crippen LogP contribution in [0.25, 0.3) is 22.3 Å². The number of imide groups is 1. The number of hydrogen-bond acceptors (Lipinski definition) is 12. The molecule has 6 N–H and O–H groups in total. The first-order chi connectivity index (χ1) is 40.4. The molecular formula is C48H71F3N6O11. The molecule has 1 aromatic heterocycles. The highest BCUT2D eigenvalue weighted by Crippen LogP contribution is 2.38. The van der Waals surface area contributed by atoms with E-state index in [-0.39, 0.29) is 46.3 Å². The SMILES string of the molecule is CCOC(=O)C1=C(N)Cc2c(CC)cc(F)cc21.CCOC(=O)C1=C(NC(=O)NC(C)=O)Cc2c(CC)cc(F)cc21.CCOC(=O)N=C=O.CCc1cc(F)cc2c1Cc1[nH]c(=O)[nH]c(=O)c1-2.[2HH].[2HH].[2H][2H].[2H][2H].[2H][2H].[2H][2H].[2H][2H].[2H][2H].[2H][2H].[2H][2H]. The van der Waals surface area contributed by atoms with Gasteiger partial charge in [0, 0.05) is 69.9 Å². The summed E-state index contributed by atoms with van der Waals surface area (Å²) in [5, 5.41) is 4.58. The Kier molecular flexibility index (Phi) is 14.7. The van der Waals surface area contributed by atoms with Gasteiger partial charge in [-0.15, -0.1) is 0 Å². The zero-order valence-electron chi connectivity index (χ0n) is 54.5. The molecule has 0 saturated heterocycles. The molecule has 1 heterocycles. The lowest BCUT2D eigenvalue weighted by Crippen LogP contribution is -2.38. The van der Waals surface area contributed by atoms with Crippen molar-refractivity contribution in [3.63, 3.8) is 0 Å². The van der Waals surface area contributed by atoms with E-state index in [0.29, 0.717) is 77.0 Å². The van der Waals surface area contributed by atoms with E-state index in [2.05, 4.69) is 30.3 Å². The molecule has 380 valence electrons. The summed E-state index contributed by atoms with van der Waals surface area (Å²) >= 11 is 0. The zero-order chi connectivity index (χ0) is 66.4. The Morgan fingerprint density at radius 1 is 0.706 bits per heavy atom. The second-order valence-corrected chi connectivity index (χ2v) is 14.9. The van der Waals surface area contributed by atoms with E-state index in [4.69, 9.17) is 39.0 Å². The number of benzene rings is 3. The van der Waals surface area contributed by atoms with Gasteiger partial charge in [-0.2, -0.15) is 0 Å². The molecule has 0 fully saturated rings. The van der Waals surface area contributed by atoms with Crippen molar-refractivity contribution in [2.45, 2.75) is 87.0 Å². The number of aromatic amines is 2. The number of carbonyl (C=O) groups is 5. The summed E-state index contributed by atoms with van der Waals surface area (Å²) in [5.74, 6) is -2.79. The Morgan fingerprint density at radius 2 is 1.18 bits per heavy atom. The van der Waals surface area contributed by atoms with Crippen LogP contribution in [-0.4, -0.2) is 65.8 Å². The first-order valence-electron chi connectivity index (χ1n) is 29.6. The van der Waals surface area contributed by atoms with Crippen molar-refractivity contribution in [3.05, 3.63) is 136 Å². The monoisotopic (exact) mass is 983 g/mol. The number of isocyanates is 1. The highest BCUT2D eigenvalue weighted by atomic mass is 19.1. The van der Waals surface area contributed by atoms with Crippen LogP contribution in [0.3, 0.4) is 0 Å². The first kappa shape index (κ1) is 41.6. The predicted molar refractivity (Wildman–Crippen MR) is 264 cm³/mol. The van der Waals surface area contributed by atoms with Gasteiger partial charge in [-0.3, -0.25) is 19.9 Å². The van der Waals surface area contributed by atoms with Gasteiger partial charge < -0.3 is 30.2 Å². The molecule has 4 amide bonds. The fourth-order valence-electron chi connectivity index (χ4n) is 7.84. The fraction of sp³-hybridized carbons (Fsp3) is 0.333. The third-order valence-corrected chi connectivity index (χ3v) is 10.5. The third kappa shape index (κ3) is 12.7. The lowest BCUT2D eigenvalue weighted by atomic mass is 9.98. The summed E-state index contributed by atoms with van der Waals surface area (Å²) in [4.78, 5) is 96.7. The average Bonchev–Trinajstić information content (AvgIpc) is 1.89. The maximum absolute atomic E-state index is 13.9. The van der Waals surface area contributed by atoms with Gasteiger partial charge in [0.2, 0.25) is 12.0 Å². The number of aliphatic imine (C=N–C) groups is 1. The van der Waals surface area contributed by atoms with Gasteiger partial charge in [0.05, 0.1) is 36.5 Å². The minimum atomic E-state index is -0.887. The quantitative estimate of drug-likeness (QED) is 0.0403. The standard InChI is InChI=1S/C17H19FN2O4.C14H16FNO2.C13H11FN2O2.C4H5NO3.10H2/c1-4-10-6-11(18)7-13-12(10)8-14(15(13)16(22)24-5-2)20-17(23)19-9(3)21;1-3-8-5-9(15)6-11-10(8)7-12(16)13(11)14(17)18-4-2;1-2-6-3-7(14)4-9-8(6)5-10-11(9)12(17)16-13(18)15-10;1-2-8-4(7)5-3-6;;;;;;;;;;/h6-7H,4-5,8H2,1-3H3,(H2,19,20,21,23);5-6H,3-4,7,16H2,1-2H3;3-4H,2,5H2,1H3,(H2,15,16,17,18);2H2,1H3;10*1H/i;;;;8*1+1D;2*1+1. The van der Waals surface area contributed by atoms with Crippen molar-refractivity contribution < 1.29 is 82.8 Å². The topological polar surface area (TPSA) is 258 Å². The molecule has 3 aliphatic carbocycles. The zero-order valence-corrected chi connectivity index (χ0v) is 38.5. The number of aromatic nitrogens is 2. The molecule has 3 aromatic carbocycles. The molecule has 3 aliphatic rings. The number of nitrogens with two attached hydrogens (primary N) is 1. The van der Waals surface area contributed by atoms with Crippen molar-refractivity contribution in [2.75, 3.05) is 19.8 Å². The fourth-order valence-corrected chi connectivity index (χ4v) is 7.84. The van der Waals surface area contributed by atoms with E-state index in [1.54, 1.807) is 20.8 Å². The normalized spacial score (nSPS) is 13.1. The van der Waals surface area contributed by atoms with E-state index in [1.807, 2.05) is 20.8 Å². The molecule has 4 aromatic rings. The van der Waals surface area contributed by atoms with E-state index in [9.17, 15) is 51.5 Å². The number of rotatable bonds is 9. The van der Waals surface area contributed by atoms with Crippen molar-refractivity contribution >= 4 is 47.2 Å². The third-order valence-electron chi connectivity index (χ3n) is 10.5. The van der Waals surface area contributed by atoms with E-state index in [1.165, 1.54) is 43.3 Å². The molecule has 17 nitrogen and oxygen atoms in total. The van der Waals surface area contributed by atoms with Gasteiger partial charge in [-0.1, -0.05) is 25.8 Å². The number of amides is 4. The Labute approximate surface area is 415 Å². The first-order valence-corrected chi connectivity index (χ1v) is 21.6. The lowest BCUT2D eigenvalue weighted by Gasteiger charge is -2.09. The van der Waals surface area contributed by atoms with Crippen LogP contribution in [0.2, 0.25) is 0 Å². The molecule has 0 radical (unpaired) electrons. The summed E-state index contributed by atoms with van der Waals surface area (Å²) < 4.78 is 135. The second-order valence-electron chi connectivity index (χ2n) is 14.9. The number of halogens is 3. The molecule has 0 unspecified atom stereocenters. The highest BCUT2D eigenvalue weighted by Gasteiger charge is 2.32. The van der Waals surface area contributed by atoms with Crippen molar-refractivity contribution in [1.29, 1.82) is 0 Å². The van der Waals surface area contributed by atoms with Crippen molar-refractivity contribution in [1.82, 2.24) is 20.6 Å². The number of H-pyrrole nitrogens is 2. The maximum Gasteiger partial charge on any atom is 0.444 e. The van der Waals surface area contributed by atoms with Gasteiger partial charge >= 0.3 is 29.8 Å². The average molecular weight is 983 g/mol. The van der Waals surface area contributed by atoms with Crippen LogP contribution in [-0.2, 0) is 71.9 Å². The number of ether oxygens (including phenoxy) is 3. The Bertz CT molecular complexity index is 2940. The molecule has 68 heavy (non-hydrogen) atoms. The summed E-state index contributed by atoms with van der Waals surface area (Å²) in [6.45, 7) is 12.6. The highest BCUT2D eigenvalue weighted by molar-refractivity contribution is 6.20. The van der Waals surface area contributed by atoms with Crippen LogP contribution >= 0.6 is 0 Å². The summed E-state index contributed by atoms with van der Waals surface area (Å²) in [5.41, 5.74) is 13.9. The Balaban J connectivity index is -0.000000184. The Hall–Kier alpha value is -7.86. The molecule has 0 atom stereocenters. The Morgan fingerprint density at radius 3 is 1.66 bits per heavy atom. The maximum atomic E-state index is 13.9.